The molecule has 0 saturated carbocycles. The second-order valence-corrected chi connectivity index (χ2v) is 7.36. The Balaban J connectivity index is 1.56. The smallest absolute Gasteiger partial charge is 0.228 e. The summed E-state index contributed by atoms with van der Waals surface area (Å²) in [6.45, 7) is 0.865. The summed E-state index contributed by atoms with van der Waals surface area (Å²) in [5, 5.41) is 12.1. The highest BCUT2D eigenvalue weighted by Crippen LogP contribution is 2.31. The average molecular weight is 399 g/mol. The van der Waals surface area contributed by atoms with Crippen LogP contribution >= 0.6 is 11.6 Å². The summed E-state index contributed by atoms with van der Waals surface area (Å²) in [5.41, 5.74) is 1.98. The third-order valence-corrected chi connectivity index (χ3v) is 5.18. The number of aromatic nitrogens is 3. The fourth-order valence-electron chi connectivity index (χ4n) is 3.50. The molecular formula is C21H20ClFN4O. The van der Waals surface area contributed by atoms with Crippen molar-refractivity contribution in [1.29, 1.82) is 0 Å². The first-order valence-electron chi connectivity index (χ1n) is 9.36. The standard InChI is InChI=1S/C21H20ClFN4O/c22-18-9-8-16(24-20(28)12-14-5-4-6-15(23)11-14)13-17(18)21-26-25-19-7-2-1-3-10-27(19)21/h4-6,8-9,11,13H,1-3,7,10,12H2,(H,24,28). The molecule has 0 atom stereocenters. The van der Waals surface area contributed by atoms with E-state index >= 15 is 0 Å². The predicted molar refractivity (Wildman–Crippen MR) is 107 cm³/mol. The zero-order valence-electron chi connectivity index (χ0n) is 15.3. The maximum absolute atomic E-state index is 13.3. The molecule has 3 aromatic rings. The number of hydrogen-bond acceptors (Lipinski definition) is 3. The largest absolute Gasteiger partial charge is 0.326 e. The molecule has 1 aliphatic rings. The summed E-state index contributed by atoms with van der Waals surface area (Å²) >= 11 is 6.42. The molecular weight excluding hydrogens is 379 g/mol. The van der Waals surface area contributed by atoms with E-state index < -0.39 is 0 Å². The number of carbonyl (C=O) groups excluding carboxylic acids is 1. The summed E-state index contributed by atoms with van der Waals surface area (Å²) in [4.78, 5) is 12.4. The van der Waals surface area contributed by atoms with Gasteiger partial charge in [-0.3, -0.25) is 4.79 Å². The van der Waals surface area contributed by atoms with Gasteiger partial charge in [0.15, 0.2) is 5.82 Å². The van der Waals surface area contributed by atoms with Crippen LogP contribution < -0.4 is 5.32 Å². The molecule has 28 heavy (non-hydrogen) atoms. The van der Waals surface area contributed by atoms with Gasteiger partial charge in [-0.2, -0.15) is 0 Å². The molecule has 2 heterocycles. The van der Waals surface area contributed by atoms with Crippen LogP contribution in [-0.2, 0) is 24.2 Å². The predicted octanol–water partition coefficient (Wildman–Crippen LogP) is 4.65. The molecule has 0 fully saturated rings. The van der Waals surface area contributed by atoms with Crippen molar-refractivity contribution >= 4 is 23.2 Å². The first-order valence-corrected chi connectivity index (χ1v) is 9.74. The molecule has 0 radical (unpaired) electrons. The maximum Gasteiger partial charge on any atom is 0.228 e. The molecule has 1 amide bonds. The molecule has 1 aliphatic heterocycles. The van der Waals surface area contributed by atoms with E-state index in [1.54, 1.807) is 24.3 Å². The molecule has 1 aromatic heterocycles. The molecule has 5 nitrogen and oxygen atoms in total. The second-order valence-electron chi connectivity index (χ2n) is 6.95. The van der Waals surface area contributed by atoms with Crippen LogP contribution in [0, 0.1) is 5.82 Å². The van der Waals surface area contributed by atoms with Crippen molar-refractivity contribution in [1.82, 2.24) is 14.8 Å². The highest BCUT2D eigenvalue weighted by molar-refractivity contribution is 6.33. The number of nitrogens with one attached hydrogen (secondary N) is 1. The monoisotopic (exact) mass is 398 g/mol. The Kier molecular flexibility index (Phi) is 5.39. The number of anilines is 1. The number of hydrogen-bond donors (Lipinski definition) is 1. The maximum atomic E-state index is 13.3. The van der Waals surface area contributed by atoms with Crippen molar-refractivity contribution in [3.8, 4) is 11.4 Å². The van der Waals surface area contributed by atoms with E-state index in [0.29, 0.717) is 16.3 Å². The molecule has 144 valence electrons. The number of amides is 1. The van der Waals surface area contributed by atoms with Crippen molar-refractivity contribution < 1.29 is 9.18 Å². The van der Waals surface area contributed by atoms with Gasteiger partial charge in [-0.25, -0.2) is 4.39 Å². The number of benzene rings is 2. The van der Waals surface area contributed by atoms with E-state index in [4.69, 9.17) is 11.6 Å². The van der Waals surface area contributed by atoms with Crippen LogP contribution in [0.5, 0.6) is 0 Å². The molecule has 0 aliphatic carbocycles. The molecule has 0 saturated heterocycles. The van der Waals surface area contributed by atoms with Gasteiger partial charge in [-0.05, 0) is 48.7 Å². The Hall–Kier alpha value is -2.73. The zero-order chi connectivity index (χ0) is 19.5. The van der Waals surface area contributed by atoms with E-state index in [1.165, 1.54) is 18.6 Å². The molecule has 2 aromatic carbocycles. The molecule has 1 N–H and O–H groups in total. The minimum Gasteiger partial charge on any atom is -0.326 e. The molecule has 0 bridgehead atoms. The number of rotatable bonds is 4. The van der Waals surface area contributed by atoms with Gasteiger partial charge < -0.3 is 9.88 Å². The summed E-state index contributed by atoms with van der Waals surface area (Å²) in [6.07, 6.45) is 4.37. The third kappa shape index (κ3) is 4.07. The zero-order valence-corrected chi connectivity index (χ0v) is 16.0. The van der Waals surface area contributed by atoms with E-state index in [9.17, 15) is 9.18 Å². The van der Waals surface area contributed by atoms with Gasteiger partial charge in [-0.15, -0.1) is 10.2 Å². The van der Waals surface area contributed by atoms with Crippen molar-refractivity contribution in [2.24, 2.45) is 0 Å². The van der Waals surface area contributed by atoms with Crippen molar-refractivity contribution in [3.63, 3.8) is 0 Å². The Labute approximate surface area is 167 Å². The van der Waals surface area contributed by atoms with Gasteiger partial charge in [0.1, 0.15) is 11.6 Å². The Bertz CT molecular complexity index is 1020. The fraction of sp³-hybridized carbons (Fsp3) is 0.286. The first-order chi connectivity index (χ1) is 13.6. The first kappa shape index (κ1) is 18.6. The van der Waals surface area contributed by atoms with Crippen LogP contribution in [0.4, 0.5) is 10.1 Å². The van der Waals surface area contributed by atoms with Crippen LogP contribution in [-0.4, -0.2) is 20.7 Å². The third-order valence-electron chi connectivity index (χ3n) is 4.85. The van der Waals surface area contributed by atoms with E-state index in [-0.39, 0.29) is 18.1 Å². The van der Waals surface area contributed by atoms with Crippen LogP contribution in [0.3, 0.4) is 0 Å². The second kappa shape index (κ2) is 8.10. The topological polar surface area (TPSA) is 59.8 Å². The van der Waals surface area contributed by atoms with Crippen LogP contribution in [0.2, 0.25) is 5.02 Å². The minimum absolute atomic E-state index is 0.0933. The van der Waals surface area contributed by atoms with Crippen molar-refractivity contribution in [2.45, 2.75) is 38.6 Å². The lowest BCUT2D eigenvalue weighted by atomic mass is 10.1. The highest BCUT2D eigenvalue weighted by atomic mass is 35.5. The Morgan fingerprint density at radius 2 is 2.04 bits per heavy atom. The number of carbonyl (C=O) groups is 1. The van der Waals surface area contributed by atoms with Crippen molar-refractivity contribution in [2.75, 3.05) is 5.32 Å². The number of fused-ring (bicyclic) bond motifs is 1. The van der Waals surface area contributed by atoms with E-state index in [0.717, 1.165) is 43.0 Å². The average Bonchev–Trinajstić information content (AvgIpc) is 2.91. The van der Waals surface area contributed by atoms with Gasteiger partial charge in [0.25, 0.3) is 0 Å². The molecule has 0 unspecified atom stereocenters. The summed E-state index contributed by atoms with van der Waals surface area (Å²) in [7, 11) is 0. The van der Waals surface area contributed by atoms with Crippen molar-refractivity contribution in [3.05, 3.63) is 64.7 Å². The molecule has 0 spiro atoms. The molecule has 7 heteroatoms. The lowest BCUT2D eigenvalue weighted by Crippen LogP contribution is -2.14. The Morgan fingerprint density at radius 1 is 1.14 bits per heavy atom. The van der Waals surface area contributed by atoms with E-state index in [1.807, 2.05) is 6.07 Å². The summed E-state index contributed by atoms with van der Waals surface area (Å²) in [5.74, 6) is 1.12. The van der Waals surface area contributed by atoms with Gasteiger partial charge >= 0.3 is 0 Å². The number of aryl methyl sites for hydroxylation is 1. The number of nitrogens with zero attached hydrogens (tertiary/aromatic N) is 3. The van der Waals surface area contributed by atoms with E-state index in [2.05, 4.69) is 20.1 Å². The van der Waals surface area contributed by atoms with Gasteiger partial charge in [0.05, 0.1) is 11.4 Å². The van der Waals surface area contributed by atoms with Gasteiger partial charge in [0.2, 0.25) is 5.91 Å². The quantitative estimate of drug-likeness (QED) is 0.696. The van der Waals surface area contributed by atoms with Crippen LogP contribution in [0.1, 0.15) is 30.7 Å². The normalized spacial score (nSPS) is 13.6. The Morgan fingerprint density at radius 3 is 2.89 bits per heavy atom. The minimum atomic E-state index is -0.355. The lowest BCUT2D eigenvalue weighted by molar-refractivity contribution is -0.115. The molecule has 4 rings (SSSR count). The fourth-order valence-corrected chi connectivity index (χ4v) is 3.70. The lowest BCUT2D eigenvalue weighted by Gasteiger charge is -2.11. The van der Waals surface area contributed by atoms with Gasteiger partial charge in [0, 0.05) is 24.2 Å². The number of halogens is 2. The summed E-state index contributed by atoms with van der Waals surface area (Å²) in [6, 6.07) is 11.3. The van der Waals surface area contributed by atoms with Gasteiger partial charge in [-0.1, -0.05) is 30.2 Å². The van der Waals surface area contributed by atoms with Crippen LogP contribution in [0.25, 0.3) is 11.4 Å². The SMILES string of the molecule is O=C(Cc1cccc(F)c1)Nc1ccc(Cl)c(-c2nnc3n2CCCCC3)c1. The van der Waals surface area contributed by atoms with Crippen LogP contribution in [0.15, 0.2) is 42.5 Å². The summed E-state index contributed by atoms with van der Waals surface area (Å²) < 4.78 is 15.4. The highest BCUT2D eigenvalue weighted by Gasteiger charge is 2.18.